The van der Waals surface area contributed by atoms with Gasteiger partial charge in [-0.1, -0.05) is 6.07 Å². The minimum absolute atomic E-state index is 0.120. The van der Waals surface area contributed by atoms with Crippen LogP contribution in [0, 0.1) is 12.1 Å². The van der Waals surface area contributed by atoms with Crippen LogP contribution in [-0.2, 0) is 0 Å². The van der Waals surface area contributed by atoms with Gasteiger partial charge in [-0.15, -0.1) is 0 Å². The number of aromatic nitrogens is 3. The van der Waals surface area contributed by atoms with Crippen LogP contribution in [0.2, 0.25) is 0 Å². The average molecular weight is 454 g/mol. The van der Waals surface area contributed by atoms with Crippen LogP contribution in [0.5, 0.6) is 5.75 Å². The molecule has 0 radical (unpaired) electrons. The van der Waals surface area contributed by atoms with Crippen molar-refractivity contribution in [3.05, 3.63) is 90.5 Å². The lowest BCUT2D eigenvalue weighted by atomic mass is 9.94. The third kappa shape index (κ3) is 4.24. The van der Waals surface area contributed by atoms with E-state index in [4.69, 9.17) is 4.74 Å². The Hall–Kier alpha value is -4.51. The van der Waals surface area contributed by atoms with Crippen LogP contribution in [0.1, 0.15) is 28.3 Å². The standard InChI is InChI=1S/C26H23N5O3/c1-30(19-3-5-20(6-4-19)31-13-2-11-29-31)21-7-8-22-18(10-14-34-25(22)15-21)16-28-24-17-27-12-9-23(24)26(32)33/h2-6,9,11-13,15,17-18,28H,10,14,16H2,1H3,(H,32,33)/t18-/m0/s1. The highest BCUT2D eigenvalue weighted by Crippen LogP contribution is 2.36. The SMILES string of the molecule is CN(c1c#cc2c(c1)OCC[C@H]2CNc1cnccc1C(=O)O)c1ccc(-n2cccn2)cc1. The first-order valence-corrected chi connectivity index (χ1v) is 11.0. The van der Waals surface area contributed by atoms with Gasteiger partial charge in [-0.05, 0) is 48.9 Å². The summed E-state index contributed by atoms with van der Waals surface area (Å²) in [6.45, 7) is 1.13. The third-order valence-electron chi connectivity index (χ3n) is 5.95. The predicted molar refractivity (Wildman–Crippen MR) is 128 cm³/mol. The van der Waals surface area contributed by atoms with Crippen molar-refractivity contribution in [2.45, 2.75) is 12.3 Å². The summed E-state index contributed by atoms with van der Waals surface area (Å²) in [5, 5.41) is 16.9. The molecule has 34 heavy (non-hydrogen) atoms. The van der Waals surface area contributed by atoms with E-state index in [1.165, 1.54) is 18.5 Å². The Bertz CT molecular complexity index is 1290. The van der Waals surface area contributed by atoms with Gasteiger partial charge in [0.2, 0.25) is 0 Å². The molecule has 1 atom stereocenters. The average Bonchev–Trinajstić information content (AvgIpc) is 3.42. The molecule has 0 unspecified atom stereocenters. The van der Waals surface area contributed by atoms with Crippen molar-refractivity contribution in [1.82, 2.24) is 14.8 Å². The molecule has 1 aliphatic rings. The van der Waals surface area contributed by atoms with Gasteiger partial charge in [-0.2, -0.15) is 5.10 Å². The summed E-state index contributed by atoms with van der Waals surface area (Å²) in [6.07, 6.45) is 7.48. The molecule has 3 heterocycles. The van der Waals surface area contributed by atoms with Gasteiger partial charge in [0, 0.05) is 55.4 Å². The monoisotopic (exact) mass is 453 g/mol. The number of anilines is 3. The molecule has 0 amide bonds. The van der Waals surface area contributed by atoms with Crippen molar-refractivity contribution in [2.75, 3.05) is 30.4 Å². The summed E-state index contributed by atoms with van der Waals surface area (Å²) in [4.78, 5) is 17.5. The zero-order valence-corrected chi connectivity index (χ0v) is 18.6. The fraction of sp³-hybridized carbons (Fsp3) is 0.192. The van der Waals surface area contributed by atoms with Crippen molar-refractivity contribution in [2.24, 2.45) is 0 Å². The Labute approximate surface area is 197 Å². The number of nitrogens with one attached hydrogen (secondary N) is 1. The van der Waals surface area contributed by atoms with E-state index >= 15 is 0 Å². The number of ether oxygens (including phenoxy) is 1. The number of rotatable bonds is 7. The molecule has 0 saturated carbocycles. The maximum Gasteiger partial charge on any atom is 0.337 e. The molecule has 0 fully saturated rings. The molecule has 1 aliphatic heterocycles. The largest absolute Gasteiger partial charge is 0.492 e. The minimum atomic E-state index is -0.984. The van der Waals surface area contributed by atoms with Gasteiger partial charge in [0.1, 0.15) is 5.75 Å². The lowest BCUT2D eigenvalue weighted by molar-refractivity contribution is 0.0697. The molecule has 0 spiro atoms. The van der Waals surface area contributed by atoms with Gasteiger partial charge in [0.15, 0.2) is 0 Å². The number of carboxylic acid groups (broad SMARTS) is 1. The Balaban J connectivity index is 1.32. The highest BCUT2D eigenvalue weighted by molar-refractivity contribution is 5.93. The molecule has 8 nitrogen and oxygen atoms in total. The Kier molecular flexibility index (Phi) is 5.75. The second kappa shape index (κ2) is 9.16. The summed E-state index contributed by atoms with van der Waals surface area (Å²) in [6, 6.07) is 20.0. The normalized spacial score (nSPS) is 14.4. The molecule has 2 N–H and O–H groups in total. The van der Waals surface area contributed by atoms with E-state index in [-0.39, 0.29) is 11.5 Å². The number of carboxylic acids is 1. The van der Waals surface area contributed by atoms with Gasteiger partial charge >= 0.3 is 5.97 Å². The molecule has 0 bridgehead atoms. The molecule has 5 rings (SSSR count). The van der Waals surface area contributed by atoms with E-state index in [1.54, 1.807) is 6.20 Å². The number of pyridine rings is 1. The minimum Gasteiger partial charge on any atom is -0.492 e. The van der Waals surface area contributed by atoms with Gasteiger partial charge < -0.3 is 20.1 Å². The number of hydrogen-bond donors (Lipinski definition) is 2. The Morgan fingerprint density at radius 1 is 1.26 bits per heavy atom. The van der Waals surface area contributed by atoms with E-state index < -0.39 is 5.97 Å². The molecule has 2 aromatic carbocycles. The maximum absolute atomic E-state index is 11.5. The van der Waals surface area contributed by atoms with E-state index in [0.717, 1.165) is 34.8 Å². The van der Waals surface area contributed by atoms with Crippen LogP contribution in [-0.4, -0.2) is 46.0 Å². The summed E-state index contributed by atoms with van der Waals surface area (Å²) in [7, 11) is 1.98. The lowest BCUT2D eigenvalue weighted by Crippen LogP contribution is -2.21. The molecule has 0 aliphatic carbocycles. The highest BCUT2D eigenvalue weighted by Gasteiger charge is 2.23. The highest BCUT2D eigenvalue weighted by atomic mass is 16.5. The molecular formula is C26H23N5O3. The van der Waals surface area contributed by atoms with E-state index in [1.807, 2.05) is 59.2 Å². The van der Waals surface area contributed by atoms with Crippen LogP contribution >= 0.6 is 0 Å². The van der Waals surface area contributed by atoms with Crippen molar-refractivity contribution in [3.8, 4) is 11.4 Å². The lowest BCUT2D eigenvalue weighted by Gasteiger charge is -2.26. The zero-order valence-electron chi connectivity index (χ0n) is 18.6. The fourth-order valence-corrected chi connectivity index (χ4v) is 4.04. The summed E-state index contributed by atoms with van der Waals surface area (Å²) in [5.74, 6) is -0.0893. The molecular weight excluding hydrogens is 430 g/mol. The van der Waals surface area contributed by atoms with Crippen LogP contribution in [0.25, 0.3) is 5.69 Å². The second-order valence-corrected chi connectivity index (χ2v) is 8.02. The van der Waals surface area contributed by atoms with Crippen molar-refractivity contribution >= 4 is 23.0 Å². The first-order valence-electron chi connectivity index (χ1n) is 11.0. The molecule has 4 aromatic rings. The van der Waals surface area contributed by atoms with Gasteiger partial charge in [-0.3, -0.25) is 4.98 Å². The van der Waals surface area contributed by atoms with Gasteiger partial charge in [0.05, 0.1) is 35.4 Å². The molecule has 8 heteroatoms. The van der Waals surface area contributed by atoms with Crippen molar-refractivity contribution in [3.63, 3.8) is 0 Å². The summed E-state index contributed by atoms with van der Waals surface area (Å²) >= 11 is 0. The van der Waals surface area contributed by atoms with Gasteiger partial charge in [-0.25, -0.2) is 9.48 Å². The first-order chi connectivity index (χ1) is 16.6. The van der Waals surface area contributed by atoms with Crippen LogP contribution in [0.3, 0.4) is 0 Å². The maximum atomic E-state index is 11.5. The van der Waals surface area contributed by atoms with Crippen LogP contribution < -0.4 is 15.0 Å². The number of hydrogen-bond acceptors (Lipinski definition) is 6. The first kappa shape index (κ1) is 21.3. The predicted octanol–water partition coefficient (Wildman–Crippen LogP) is 4.31. The van der Waals surface area contributed by atoms with Crippen molar-refractivity contribution in [1.29, 1.82) is 0 Å². The zero-order chi connectivity index (χ0) is 23.5. The van der Waals surface area contributed by atoms with Crippen LogP contribution in [0.4, 0.5) is 17.1 Å². The third-order valence-corrected chi connectivity index (χ3v) is 5.95. The Morgan fingerprint density at radius 3 is 2.88 bits per heavy atom. The molecule has 2 aromatic heterocycles. The fourth-order valence-electron chi connectivity index (χ4n) is 4.04. The van der Waals surface area contributed by atoms with E-state index in [9.17, 15) is 9.90 Å². The summed E-state index contributed by atoms with van der Waals surface area (Å²) in [5.41, 5.74) is 4.48. The molecule has 170 valence electrons. The van der Waals surface area contributed by atoms with Crippen LogP contribution in [0.15, 0.2) is 67.3 Å². The number of aromatic carboxylic acids is 1. The van der Waals surface area contributed by atoms with E-state index in [2.05, 4.69) is 27.5 Å². The second-order valence-electron chi connectivity index (χ2n) is 8.02. The quantitative estimate of drug-likeness (QED) is 0.431. The number of benzene rings is 1. The Morgan fingerprint density at radius 2 is 2.12 bits per heavy atom. The van der Waals surface area contributed by atoms with Crippen molar-refractivity contribution < 1.29 is 14.6 Å². The van der Waals surface area contributed by atoms with Gasteiger partial charge in [0.25, 0.3) is 0 Å². The molecule has 0 saturated heterocycles. The van der Waals surface area contributed by atoms with E-state index in [0.29, 0.717) is 18.8 Å². The topological polar surface area (TPSA) is 92.5 Å². The number of nitrogens with zero attached hydrogens (tertiary/aromatic N) is 4. The smallest absolute Gasteiger partial charge is 0.337 e. The number of fused-ring (bicyclic) bond motifs is 1. The number of carbonyl (C=O) groups is 1. The summed E-state index contributed by atoms with van der Waals surface area (Å²) < 4.78 is 7.75.